The lowest BCUT2D eigenvalue weighted by Crippen LogP contribution is -2.25. The fourth-order valence-corrected chi connectivity index (χ4v) is 3.41. The first-order valence-electron chi connectivity index (χ1n) is 8.40. The smallest absolute Gasteiger partial charge is 0.338 e. The fourth-order valence-electron chi connectivity index (χ4n) is 3.41. The standard InChI is InChI=1S/C20H15N3O4/c1-2-23-15-9-8-14(11-5-3-6-12(16(11)15)19(23)25)22-18(24)17-13(20(26)27)7-4-10-21-17/h3-10H,2H2,1H3,(H,22,24)(H,26,27). The summed E-state index contributed by atoms with van der Waals surface area (Å²) in [5.74, 6) is -1.91. The number of aromatic carboxylic acids is 1. The molecule has 134 valence electrons. The van der Waals surface area contributed by atoms with E-state index in [0.29, 0.717) is 17.8 Å². The van der Waals surface area contributed by atoms with Crippen LogP contribution in [0.3, 0.4) is 0 Å². The normalized spacial score (nSPS) is 12.5. The maximum Gasteiger partial charge on any atom is 0.338 e. The number of pyridine rings is 1. The molecule has 0 atom stereocenters. The van der Waals surface area contributed by atoms with Gasteiger partial charge < -0.3 is 15.3 Å². The van der Waals surface area contributed by atoms with Gasteiger partial charge in [0.1, 0.15) is 5.69 Å². The van der Waals surface area contributed by atoms with Crippen molar-refractivity contribution in [2.45, 2.75) is 6.92 Å². The molecule has 3 aromatic rings. The van der Waals surface area contributed by atoms with Gasteiger partial charge in [0, 0.05) is 34.8 Å². The topological polar surface area (TPSA) is 99.6 Å². The molecule has 0 spiro atoms. The van der Waals surface area contributed by atoms with Crippen LogP contribution < -0.4 is 10.2 Å². The Labute approximate surface area is 154 Å². The van der Waals surface area contributed by atoms with E-state index in [9.17, 15) is 19.5 Å². The molecule has 1 aromatic heterocycles. The number of nitrogens with zero attached hydrogens (tertiary/aromatic N) is 2. The van der Waals surface area contributed by atoms with E-state index in [4.69, 9.17) is 0 Å². The van der Waals surface area contributed by atoms with Crippen molar-refractivity contribution < 1.29 is 19.5 Å². The van der Waals surface area contributed by atoms with Crippen molar-refractivity contribution in [3.8, 4) is 0 Å². The van der Waals surface area contributed by atoms with E-state index in [2.05, 4.69) is 10.3 Å². The predicted molar refractivity (Wildman–Crippen MR) is 100 cm³/mol. The van der Waals surface area contributed by atoms with Gasteiger partial charge in [-0.05, 0) is 37.3 Å². The Balaban J connectivity index is 1.79. The summed E-state index contributed by atoms with van der Waals surface area (Å²) in [6.07, 6.45) is 1.37. The highest BCUT2D eigenvalue weighted by atomic mass is 16.4. The second-order valence-electron chi connectivity index (χ2n) is 6.07. The first-order valence-corrected chi connectivity index (χ1v) is 8.40. The largest absolute Gasteiger partial charge is 0.478 e. The minimum Gasteiger partial charge on any atom is -0.478 e. The van der Waals surface area contributed by atoms with E-state index < -0.39 is 11.9 Å². The summed E-state index contributed by atoms with van der Waals surface area (Å²) in [6.45, 7) is 2.45. The molecule has 2 aromatic carbocycles. The summed E-state index contributed by atoms with van der Waals surface area (Å²) in [7, 11) is 0. The Hall–Kier alpha value is -3.74. The summed E-state index contributed by atoms with van der Waals surface area (Å²) >= 11 is 0. The summed E-state index contributed by atoms with van der Waals surface area (Å²) in [6, 6.07) is 11.6. The molecule has 2 N–H and O–H groups in total. The van der Waals surface area contributed by atoms with Crippen LogP contribution in [0.5, 0.6) is 0 Å². The highest BCUT2D eigenvalue weighted by Crippen LogP contribution is 2.40. The average molecular weight is 361 g/mol. The van der Waals surface area contributed by atoms with Crippen molar-refractivity contribution in [3.05, 3.63) is 65.5 Å². The molecule has 0 saturated heterocycles. The van der Waals surface area contributed by atoms with Crippen LogP contribution in [0.2, 0.25) is 0 Å². The molecule has 0 saturated carbocycles. The van der Waals surface area contributed by atoms with Crippen LogP contribution in [0.15, 0.2) is 48.7 Å². The highest BCUT2D eigenvalue weighted by Gasteiger charge is 2.29. The Morgan fingerprint density at radius 3 is 2.70 bits per heavy atom. The fraction of sp³-hybridized carbons (Fsp3) is 0.100. The van der Waals surface area contributed by atoms with E-state index in [0.717, 1.165) is 16.5 Å². The SMILES string of the molecule is CCN1C(=O)c2cccc3c(NC(=O)c4ncccc4C(=O)O)ccc1c23. The lowest BCUT2D eigenvalue weighted by atomic mass is 10.0. The molecule has 2 heterocycles. The summed E-state index contributed by atoms with van der Waals surface area (Å²) in [5, 5.41) is 13.5. The molecule has 4 rings (SSSR count). The molecule has 1 aliphatic rings. The second-order valence-corrected chi connectivity index (χ2v) is 6.07. The number of aromatic nitrogens is 1. The van der Waals surface area contributed by atoms with E-state index in [-0.39, 0.29) is 17.2 Å². The molecule has 27 heavy (non-hydrogen) atoms. The lowest BCUT2D eigenvalue weighted by molar-refractivity contribution is 0.0691. The van der Waals surface area contributed by atoms with Gasteiger partial charge in [0.05, 0.1) is 11.3 Å². The van der Waals surface area contributed by atoms with E-state index in [1.807, 2.05) is 13.0 Å². The Morgan fingerprint density at radius 2 is 1.96 bits per heavy atom. The number of carbonyl (C=O) groups excluding carboxylic acids is 2. The maximum absolute atomic E-state index is 12.6. The van der Waals surface area contributed by atoms with E-state index in [1.165, 1.54) is 18.3 Å². The van der Waals surface area contributed by atoms with Crippen molar-refractivity contribution in [3.63, 3.8) is 0 Å². The Kier molecular flexibility index (Phi) is 3.84. The van der Waals surface area contributed by atoms with Crippen LogP contribution in [0.4, 0.5) is 11.4 Å². The minimum atomic E-state index is -1.22. The number of benzene rings is 2. The molecule has 1 aliphatic heterocycles. The van der Waals surface area contributed by atoms with Gasteiger partial charge in [0.25, 0.3) is 11.8 Å². The number of nitrogens with one attached hydrogen (secondary N) is 1. The number of amides is 2. The average Bonchev–Trinajstić information content (AvgIpc) is 2.96. The Bertz CT molecular complexity index is 1120. The zero-order chi connectivity index (χ0) is 19.1. The number of rotatable bonds is 4. The number of carbonyl (C=O) groups is 3. The molecular weight excluding hydrogens is 346 g/mol. The van der Waals surface area contributed by atoms with Gasteiger partial charge in [0.15, 0.2) is 0 Å². The summed E-state index contributed by atoms with van der Waals surface area (Å²) in [5.41, 5.74) is 1.54. The first kappa shape index (κ1) is 16.7. The van der Waals surface area contributed by atoms with Gasteiger partial charge in [-0.3, -0.25) is 14.6 Å². The number of hydrogen-bond donors (Lipinski definition) is 2. The van der Waals surface area contributed by atoms with Crippen LogP contribution in [0.1, 0.15) is 38.1 Å². The monoisotopic (exact) mass is 361 g/mol. The van der Waals surface area contributed by atoms with Crippen LogP contribution in [0, 0.1) is 0 Å². The second kappa shape index (κ2) is 6.21. The predicted octanol–water partition coefficient (Wildman–Crippen LogP) is 3.17. The third kappa shape index (κ3) is 2.52. The Morgan fingerprint density at radius 1 is 1.15 bits per heavy atom. The third-order valence-corrected chi connectivity index (χ3v) is 4.60. The van der Waals surface area contributed by atoms with Crippen LogP contribution in [-0.2, 0) is 0 Å². The van der Waals surface area contributed by atoms with E-state index in [1.54, 1.807) is 29.2 Å². The van der Waals surface area contributed by atoms with Gasteiger partial charge in [-0.1, -0.05) is 12.1 Å². The quantitative estimate of drug-likeness (QED) is 0.743. The summed E-state index contributed by atoms with van der Waals surface area (Å²) in [4.78, 5) is 42.1. The van der Waals surface area contributed by atoms with E-state index >= 15 is 0 Å². The van der Waals surface area contributed by atoms with Crippen LogP contribution >= 0.6 is 0 Å². The minimum absolute atomic E-state index is 0.0699. The van der Waals surface area contributed by atoms with Gasteiger partial charge in [-0.2, -0.15) is 0 Å². The van der Waals surface area contributed by atoms with Gasteiger partial charge in [0.2, 0.25) is 0 Å². The van der Waals surface area contributed by atoms with Crippen LogP contribution in [0.25, 0.3) is 10.8 Å². The third-order valence-electron chi connectivity index (χ3n) is 4.60. The molecule has 0 unspecified atom stereocenters. The maximum atomic E-state index is 12.6. The van der Waals surface area contributed by atoms with Gasteiger partial charge in [-0.25, -0.2) is 4.79 Å². The molecule has 0 radical (unpaired) electrons. The molecule has 0 fully saturated rings. The lowest BCUT2D eigenvalue weighted by Gasteiger charge is -2.15. The van der Waals surface area contributed by atoms with Crippen molar-refractivity contribution >= 4 is 39.9 Å². The van der Waals surface area contributed by atoms with Crippen molar-refractivity contribution in [2.75, 3.05) is 16.8 Å². The molecule has 7 heteroatoms. The van der Waals surface area contributed by atoms with Gasteiger partial charge in [-0.15, -0.1) is 0 Å². The molecule has 2 amide bonds. The first-order chi connectivity index (χ1) is 13.0. The number of carboxylic acids is 1. The van der Waals surface area contributed by atoms with Crippen LogP contribution in [-0.4, -0.2) is 34.4 Å². The zero-order valence-corrected chi connectivity index (χ0v) is 14.4. The number of hydrogen-bond acceptors (Lipinski definition) is 4. The van der Waals surface area contributed by atoms with Crippen molar-refractivity contribution in [1.29, 1.82) is 0 Å². The number of carboxylic acid groups (broad SMARTS) is 1. The molecule has 0 bridgehead atoms. The van der Waals surface area contributed by atoms with Gasteiger partial charge >= 0.3 is 5.97 Å². The summed E-state index contributed by atoms with van der Waals surface area (Å²) < 4.78 is 0. The molecular formula is C20H15N3O4. The molecule has 0 aliphatic carbocycles. The molecule has 7 nitrogen and oxygen atoms in total. The van der Waals surface area contributed by atoms with Crippen molar-refractivity contribution in [1.82, 2.24) is 4.98 Å². The van der Waals surface area contributed by atoms with Crippen molar-refractivity contribution in [2.24, 2.45) is 0 Å². The zero-order valence-electron chi connectivity index (χ0n) is 14.4. The highest BCUT2D eigenvalue weighted by molar-refractivity contribution is 6.27. The number of anilines is 2.